The highest BCUT2D eigenvalue weighted by Gasteiger charge is 2.05. The summed E-state index contributed by atoms with van der Waals surface area (Å²) in [4.78, 5) is 10.2. The van der Waals surface area contributed by atoms with Crippen LogP contribution in [0, 0.1) is 0 Å². The van der Waals surface area contributed by atoms with Crippen molar-refractivity contribution in [3.63, 3.8) is 0 Å². The van der Waals surface area contributed by atoms with E-state index in [2.05, 4.69) is 36.1 Å². The standard InChI is InChI=1S/C10H17BrN4O/c1-15(5-3-12-4-6-16-2)10-9(11)7-13-8-14-10/h7-8,12H,3-6H2,1-2H3. The Bertz CT molecular complexity index is 311. The molecule has 1 rings (SSSR count). The molecule has 0 aromatic carbocycles. The van der Waals surface area contributed by atoms with E-state index in [1.165, 1.54) is 0 Å². The maximum absolute atomic E-state index is 4.95. The van der Waals surface area contributed by atoms with Crippen molar-refractivity contribution in [3.8, 4) is 0 Å². The molecule has 0 fully saturated rings. The fraction of sp³-hybridized carbons (Fsp3) is 0.600. The summed E-state index contributed by atoms with van der Waals surface area (Å²) in [6.07, 6.45) is 3.30. The molecular formula is C10H17BrN4O. The second kappa shape index (κ2) is 7.54. The van der Waals surface area contributed by atoms with Crippen molar-refractivity contribution in [3.05, 3.63) is 17.0 Å². The molecule has 1 aromatic heterocycles. The number of aromatic nitrogens is 2. The van der Waals surface area contributed by atoms with Crippen molar-refractivity contribution in [2.24, 2.45) is 0 Å². The molecule has 0 radical (unpaired) electrons. The average molecular weight is 289 g/mol. The minimum absolute atomic E-state index is 0.737. The van der Waals surface area contributed by atoms with Gasteiger partial charge in [0, 0.05) is 40.0 Å². The largest absolute Gasteiger partial charge is 0.383 e. The number of nitrogens with zero attached hydrogens (tertiary/aromatic N) is 3. The van der Waals surface area contributed by atoms with E-state index in [0.717, 1.165) is 36.5 Å². The number of halogens is 1. The molecule has 90 valence electrons. The first-order chi connectivity index (χ1) is 7.75. The van der Waals surface area contributed by atoms with Gasteiger partial charge in [-0.05, 0) is 15.9 Å². The van der Waals surface area contributed by atoms with Gasteiger partial charge in [-0.3, -0.25) is 0 Å². The van der Waals surface area contributed by atoms with Gasteiger partial charge in [0.15, 0.2) is 0 Å². The summed E-state index contributed by atoms with van der Waals surface area (Å²) < 4.78 is 5.86. The number of methoxy groups -OCH3 is 1. The Labute approximate surface area is 104 Å². The summed E-state index contributed by atoms with van der Waals surface area (Å²) >= 11 is 3.42. The van der Waals surface area contributed by atoms with Crippen LogP contribution in [0.1, 0.15) is 0 Å². The number of ether oxygens (including phenoxy) is 1. The van der Waals surface area contributed by atoms with Gasteiger partial charge < -0.3 is 15.0 Å². The van der Waals surface area contributed by atoms with E-state index >= 15 is 0 Å². The predicted octanol–water partition coefficient (Wildman–Crippen LogP) is 0.911. The predicted molar refractivity (Wildman–Crippen MR) is 67.7 cm³/mol. The Kier molecular flexibility index (Phi) is 6.29. The molecule has 1 N–H and O–H groups in total. The van der Waals surface area contributed by atoms with Crippen LogP contribution < -0.4 is 10.2 Å². The topological polar surface area (TPSA) is 50.3 Å². The summed E-state index contributed by atoms with van der Waals surface area (Å²) in [7, 11) is 3.71. The zero-order chi connectivity index (χ0) is 11.8. The van der Waals surface area contributed by atoms with Crippen molar-refractivity contribution >= 4 is 21.7 Å². The normalized spacial score (nSPS) is 10.4. The van der Waals surface area contributed by atoms with Gasteiger partial charge >= 0.3 is 0 Å². The molecule has 0 aliphatic carbocycles. The van der Waals surface area contributed by atoms with Crippen LogP contribution in [-0.2, 0) is 4.74 Å². The molecule has 0 unspecified atom stereocenters. The molecule has 0 aliphatic rings. The fourth-order valence-corrected chi connectivity index (χ4v) is 1.76. The molecule has 6 heteroatoms. The third-order valence-electron chi connectivity index (χ3n) is 2.12. The first-order valence-corrected chi connectivity index (χ1v) is 5.91. The molecule has 0 saturated carbocycles. The maximum Gasteiger partial charge on any atom is 0.146 e. The molecule has 1 heterocycles. The van der Waals surface area contributed by atoms with Gasteiger partial charge in [-0.25, -0.2) is 9.97 Å². The van der Waals surface area contributed by atoms with Gasteiger partial charge in [-0.15, -0.1) is 0 Å². The Balaban J connectivity index is 2.30. The third kappa shape index (κ3) is 4.42. The van der Waals surface area contributed by atoms with Crippen molar-refractivity contribution in [2.45, 2.75) is 0 Å². The monoisotopic (exact) mass is 288 g/mol. The van der Waals surface area contributed by atoms with Gasteiger partial charge in [0.1, 0.15) is 12.1 Å². The third-order valence-corrected chi connectivity index (χ3v) is 2.68. The molecule has 0 spiro atoms. The van der Waals surface area contributed by atoms with Crippen molar-refractivity contribution in [1.29, 1.82) is 0 Å². The SMILES string of the molecule is COCCNCCN(C)c1ncncc1Br. The molecule has 1 aromatic rings. The first kappa shape index (κ1) is 13.3. The van der Waals surface area contributed by atoms with Gasteiger partial charge in [-0.1, -0.05) is 0 Å². The Hall–Kier alpha value is -0.720. The minimum atomic E-state index is 0.737. The maximum atomic E-state index is 4.95. The molecule has 5 nitrogen and oxygen atoms in total. The number of nitrogens with one attached hydrogen (secondary N) is 1. The zero-order valence-electron chi connectivity index (χ0n) is 9.61. The second-order valence-electron chi connectivity index (χ2n) is 3.36. The van der Waals surface area contributed by atoms with Crippen LogP contribution >= 0.6 is 15.9 Å². The lowest BCUT2D eigenvalue weighted by Gasteiger charge is -2.19. The van der Waals surface area contributed by atoms with E-state index in [0.29, 0.717) is 0 Å². The second-order valence-corrected chi connectivity index (χ2v) is 4.21. The highest BCUT2D eigenvalue weighted by molar-refractivity contribution is 9.10. The van der Waals surface area contributed by atoms with Crippen molar-refractivity contribution in [1.82, 2.24) is 15.3 Å². The lowest BCUT2D eigenvalue weighted by Crippen LogP contribution is -2.31. The number of likely N-dealkylation sites (N-methyl/N-ethyl adjacent to an activating group) is 1. The van der Waals surface area contributed by atoms with Crippen LogP contribution in [0.4, 0.5) is 5.82 Å². The number of hydrogen-bond donors (Lipinski definition) is 1. The van der Waals surface area contributed by atoms with Crippen LogP contribution in [0.25, 0.3) is 0 Å². The minimum Gasteiger partial charge on any atom is -0.383 e. The van der Waals surface area contributed by atoms with E-state index in [1.807, 2.05) is 7.05 Å². The quantitative estimate of drug-likeness (QED) is 0.756. The smallest absolute Gasteiger partial charge is 0.146 e. The van der Waals surface area contributed by atoms with Gasteiger partial charge in [-0.2, -0.15) is 0 Å². The molecule has 0 bridgehead atoms. The van der Waals surface area contributed by atoms with Crippen molar-refractivity contribution < 1.29 is 4.74 Å². The fourth-order valence-electron chi connectivity index (χ4n) is 1.24. The van der Waals surface area contributed by atoms with E-state index < -0.39 is 0 Å². The van der Waals surface area contributed by atoms with Crippen LogP contribution in [0.2, 0.25) is 0 Å². The average Bonchev–Trinajstić information content (AvgIpc) is 2.29. The molecule has 0 atom stereocenters. The van der Waals surface area contributed by atoms with E-state index in [9.17, 15) is 0 Å². The Morgan fingerprint density at radius 2 is 2.31 bits per heavy atom. The Morgan fingerprint density at radius 1 is 1.50 bits per heavy atom. The van der Waals surface area contributed by atoms with E-state index in [1.54, 1.807) is 19.6 Å². The first-order valence-electron chi connectivity index (χ1n) is 5.12. The zero-order valence-corrected chi connectivity index (χ0v) is 11.2. The lowest BCUT2D eigenvalue weighted by molar-refractivity contribution is 0.200. The summed E-state index contributed by atoms with van der Waals surface area (Å²) in [6, 6.07) is 0. The number of rotatable bonds is 7. The number of hydrogen-bond acceptors (Lipinski definition) is 5. The Morgan fingerprint density at radius 3 is 3.00 bits per heavy atom. The molecule has 16 heavy (non-hydrogen) atoms. The highest BCUT2D eigenvalue weighted by Crippen LogP contribution is 2.19. The van der Waals surface area contributed by atoms with Crippen LogP contribution in [-0.4, -0.2) is 50.4 Å². The van der Waals surface area contributed by atoms with Crippen molar-refractivity contribution in [2.75, 3.05) is 45.3 Å². The molecule has 0 amide bonds. The van der Waals surface area contributed by atoms with Gasteiger partial charge in [0.25, 0.3) is 0 Å². The van der Waals surface area contributed by atoms with Crippen LogP contribution in [0.3, 0.4) is 0 Å². The van der Waals surface area contributed by atoms with Crippen LogP contribution in [0.5, 0.6) is 0 Å². The summed E-state index contributed by atoms with van der Waals surface area (Å²) in [5, 5.41) is 3.28. The van der Waals surface area contributed by atoms with E-state index in [-0.39, 0.29) is 0 Å². The summed E-state index contributed by atoms with van der Waals surface area (Å²) in [5.41, 5.74) is 0. The lowest BCUT2D eigenvalue weighted by atomic mass is 10.4. The van der Waals surface area contributed by atoms with Gasteiger partial charge in [0.05, 0.1) is 11.1 Å². The number of anilines is 1. The molecular weight excluding hydrogens is 272 g/mol. The molecule has 0 saturated heterocycles. The summed E-state index contributed by atoms with van der Waals surface area (Å²) in [5.74, 6) is 0.906. The van der Waals surface area contributed by atoms with Gasteiger partial charge in [0.2, 0.25) is 0 Å². The summed E-state index contributed by atoms with van der Waals surface area (Å²) in [6.45, 7) is 3.39. The van der Waals surface area contributed by atoms with E-state index in [4.69, 9.17) is 4.74 Å². The highest BCUT2D eigenvalue weighted by atomic mass is 79.9. The molecule has 0 aliphatic heterocycles. The van der Waals surface area contributed by atoms with Crippen LogP contribution in [0.15, 0.2) is 17.0 Å².